The molecule has 94 valence electrons. The van der Waals surface area contributed by atoms with E-state index >= 15 is 0 Å². The summed E-state index contributed by atoms with van der Waals surface area (Å²) in [5, 5.41) is 12.1. The maximum atomic E-state index is 12.0. The zero-order valence-electron chi connectivity index (χ0n) is 9.11. The summed E-state index contributed by atoms with van der Waals surface area (Å²) in [7, 11) is -3.64. The second-order valence-corrected chi connectivity index (χ2v) is 5.53. The van der Waals surface area contributed by atoms with Crippen LogP contribution in [0.3, 0.4) is 0 Å². The Bertz CT molecular complexity index is 660. The van der Waals surface area contributed by atoms with Gasteiger partial charge in [0, 0.05) is 0 Å². The van der Waals surface area contributed by atoms with Crippen LogP contribution in [-0.2, 0) is 15.6 Å². The Balaban J connectivity index is 2.34. The molecule has 2 rings (SSSR count). The second-order valence-electron chi connectivity index (χ2n) is 3.54. The van der Waals surface area contributed by atoms with Crippen molar-refractivity contribution in [2.75, 3.05) is 0 Å². The van der Waals surface area contributed by atoms with E-state index < -0.39 is 21.6 Å². The number of rotatable bonds is 4. The van der Waals surface area contributed by atoms with Gasteiger partial charge < -0.3 is 9.63 Å². The number of carboxylic acid groups (broad SMARTS) is 1. The third-order valence-electron chi connectivity index (χ3n) is 2.30. The lowest BCUT2D eigenvalue weighted by molar-refractivity contribution is 0.0695. The molecule has 1 N–H and O–H groups in total. The van der Waals surface area contributed by atoms with Crippen molar-refractivity contribution >= 4 is 15.8 Å². The molecule has 0 radical (unpaired) electrons. The van der Waals surface area contributed by atoms with Gasteiger partial charge in [0.15, 0.2) is 15.6 Å². The van der Waals surface area contributed by atoms with Crippen molar-refractivity contribution in [1.29, 1.82) is 0 Å². The number of aromatic nitrogens is 1. The average Bonchev–Trinajstić information content (AvgIpc) is 2.78. The van der Waals surface area contributed by atoms with Gasteiger partial charge in [0.25, 0.3) is 0 Å². The van der Waals surface area contributed by atoms with Gasteiger partial charge in [0.2, 0.25) is 0 Å². The van der Waals surface area contributed by atoms with E-state index in [1.165, 1.54) is 12.1 Å². The number of carbonyl (C=O) groups is 1. The van der Waals surface area contributed by atoms with Crippen LogP contribution in [0, 0.1) is 0 Å². The van der Waals surface area contributed by atoms with Gasteiger partial charge in [-0.3, -0.25) is 0 Å². The number of benzene rings is 1. The fourth-order valence-corrected chi connectivity index (χ4v) is 2.72. The molecule has 0 bridgehead atoms. The van der Waals surface area contributed by atoms with Crippen molar-refractivity contribution < 1.29 is 22.8 Å². The SMILES string of the molecule is O=C(O)c1cnoc1CS(=O)(=O)c1ccccc1. The van der Waals surface area contributed by atoms with Gasteiger partial charge in [0.1, 0.15) is 11.3 Å². The first-order chi connectivity index (χ1) is 8.50. The van der Waals surface area contributed by atoms with E-state index in [-0.39, 0.29) is 16.2 Å². The van der Waals surface area contributed by atoms with Crippen molar-refractivity contribution in [1.82, 2.24) is 5.16 Å². The van der Waals surface area contributed by atoms with Crippen LogP contribution in [0.1, 0.15) is 16.1 Å². The highest BCUT2D eigenvalue weighted by Crippen LogP contribution is 2.18. The van der Waals surface area contributed by atoms with E-state index in [0.717, 1.165) is 6.20 Å². The van der Waals surface area contributed by atoms with Crippen molar-refractivity contribution in [2.45, 2.75) is 10.6 Å². The summed E-state index contributed by atoms with van der Waals surface area (Å²) < 4.78 is 28.7. The highest BCUT2D eigenvalue weighted by molar-refractivity contribution is 7.90. The van der Waals surface area contributed by atoms with Crippen LogP contribution in [0.2, 0.25) is 0 Å². The molecule has 0 fully saturated rings. The third-order valence-corrected chi connectivity index (χ3v) is 3.93. The van der Waals surface area contributed by atoms with Crippen LogP contribution in [-0.4, -0.2) is 24.7 Å². The maximum absolute atomic E-state index is 12.0. The minimum atomic E-state index is -3.64. The van der Waals surface area contributed by atoms with E-state index in [1.807, 2.05) is 0 Å². The monoisotopic (exact) mass is 267 g/mol. The Morgan fingerprint density at radius 2 is 1.94 bits per heavy atom. The van der Waals surface area contributed by atoms with Crippen molar-refractivity contribution in [3.05, 3.63) is 47.9 Å². The summed E-state index contributed by atoms with van der Waals surface area (Å²) in [5.74, 6) is -1.97. The van der Waals surface area contributed by atoms with Gasteiger partial charge in [-0.25, -0.2) is 13.2 Å². The van der Waals surface area contributed by atoms with E-state index in [4.69, 9.17) is 5.11 Å². The molecule has 0 unspecified atom stereocenters. The zero-order valence-corrected chi connectivity index (χ0v) is 9.92. The number of sulfone groups is 1. The molecule has 0 atom stereocenters. The standard InChI is InChI=1S/C11H9NO5S/c13-11(14)9-6-12-17-10(9)7-18(15,16)8-4-2-1-3-5-8/h1-6H,7H2,(H,13,14). The van der Waals surface area contributed by atoms with Crippen LogP contribution >= 0.6 is 0 Å². The highest BCUT2D eigenvalue weighted by Gasteiger charge is 2.23. The van der Waals surface area contributed by atoms with Crippen LogP contribution in [0.5, 0.6) is 0 Å². The lowest BCUT2D eigenvalue weighted by Gasteiger charge is -2.02. The summed E-state index contributed by atoms with van der Waals surface area (Å²) >= 11 is 0. The van der Waals surface area contributed by atoms with E-state index in [9.17, 15) is 13.2 Å². The number of aromatic carboxylic acids is 1. The fourth-order valence-electron chi connectivity index (χ4n) is 1.43. The lowest BCUT2D eigenvalue weighted by Crippen LogP contribution is -2.07. The summed E-state index contributed by atoms with van der Waals surface area (Å²) in [6, 6.07) is 7.74. The first-order valence-corrected chi connectivity index (χ1v) is 6.60. The van der Waals surface area contributed by atoms with Crippen molar-refractivity contribution in [3.63, 3.8) is 0 Å². The predicted molar refractivity (Wildman–Crippen MR) is 60.8 cm³/mol. The fraction of sp³-hybridized carbons (Fsp3) is 0.0909. The molecule has 0 saturated heterocycles. The molecule has 7 heteroatoms. The first kappa shape index (κ1) is 12.3. The van der Waals surface area contributed by atoms with E-state index in [2.05, 4.69) is 9.68 Å². The maximum Gasteiger partial charge on any atom is 0.341 e. The molecule has 0 saturated carbocycles. The first-order valence-electron chi connectivity index (χ1n) is 4.95. The van der Waals surface area contributed by atoms with Gasteiger partial charge in [0.05, 0.1) is 11.1 Å². The van der Waals surface area contributed by atoms with Crippen LogP contribution in [0.15, 0.2) is 45.9 Å². The minimum Gasteiger partial charge on any atom is -0.478 e. The molecule has 0 aliphatic carbocycles. The highest BCUT2D eigenvalue weighted by atomic mass is 32.2. The average molecular weight is 267 g/mol. The molecule has 0 amide bonds. The van der Waals surface area contributed by atoms with Gasteiger partial charge in [-0.1, -0.05) is 23.4 Å². The Kier molecular flexibility index (Phi) is 3.15. The summed E-state index contributed by atoms with van der Waals surface area (Å²) in [5.41, 5.74) is -0.241. The molecule has 1 aromatic carbocycles. The van der Waals surface area contributed by atoms with E-state index in [1.54, 1.807) is 18.2 Å². The molecule has 1 heterocycles. The Hall–Kier alpha value is -2.15. The second kappa shape index (κ2) is 4.61. The Morgan fingerprint density at radius 3 is 2.56 bits per heavy atom. The molecular formula is C11H9NO5S. The van der Waals surface area contributed by atoms with Gasteiger partial charge in [-0.05, 0) is 12.1 Å². The minimum absolute atomic E-state index is 0.109. The normalized spacial score (nSPS) is 11.3. The molecule has 2 aromatic rings. The molecule has 1 aromatic heterocycles. The number of hydrogen-bond acceptors (Lipinski definition) is 5. The van der Waals surface area contributed by atoms with E-state index in [0.29, 0.717) is 0 Å². The van der Waals surface area contributed by atoms with Gasteiger partial charge in [-0.2, -0.15) is 0 Å². The molecule has 0 aliphatic heterocycles. The Labute approximate surface area is 103 Å². The molecular weight excluding hydrogens is 258 g/mol. The summed E-state index contributed by atoms with van der Waals surface area (Å²) in [6.45, 7) is 0. The number of nitrogens with zero attached hydrogens (tertiary/aromatic N) is 1. The molecule has 0 spiro atoms. The van der Waals surface area contributed by atoms with Crippen molar-refractivity contribution in [2.24, 2.45) is 0 Å². The summed E-state index contributed by atoms with van der Waals surface area (Å²) in [6.07, 6.45) is 0.984. The van der Waals surface area contributed by atoms with Crippen molar-refractivity contribution in [3.8, 4) is 0 Å². The number of carboxylic acids is 1. The third kappa shape index (κ3) is 2.40. The van der Waals surface area contributed by atoms with Crippen LogP contribution < -0.4 is 0 Å². The predicted octanol–water partition coefficient (Wildman–Crippen LogP) is 1.35. The quantitative estimate of drug-likeness (QED) is 0.897. The van der Waals surface area contributed by atoms with Crippen LogP contribution in [0.25, 0.3) is 0 Å². The molecule has 0 aliphatic rings. The zero-order chi connectivity index (χ0) is 13.2. The molecule has 6 nitrogen and oxygen atoms in total. The lowest BCUT2D eigenvalue weighted by atomic mass is 10.3. The Morgan fingerprint density at radius 1 is 1.28 bits per heavy atom. The summed E-state index contributed by atoms with van der Waals surface area (Å²) in [4.78, 5) is 10.9. The van der Waals surface area contributed by atoms with Crippen LogP contribution in [0.4, 0.5) is 0 Å². The largest absolute Gasteiger partial charge is 0.478 e. The van der Waals surface area contributed by atoms with Gasteiger partial charge in [-0.15, -0.1) is 0 Å². The topological polar surface area (TPSA) is 97.5 Å². The smallest absolute Gasteiger partial charge is 0.341 e. The molecule has 18 heavy (non-hydrogen) atoms. The number of hydrogen-bond donors (Lipinski definition) is 1. The van der Waals surface area contributed by atoms with Gasteiger partial charge >= 0.3 is 5.97 Å².